The number of aryl methyl sites for hydroxylation is 1. The summed E-state index contributed by atoms with van der Waals surface area (Å²) < 4.78 is 27.4. The van der Waals surface area contributed by atoms with Gasteiger partial charge in [0.1, 0.15) is 0 Å². The van der Waals surface area contributed by atoms with Crippen LogP contribution < -0.4 is 0 Å². The van der Waals surface area contributed by atoms with E-state index in [0.29, 0.717) is 12.8 Å². The zero-order valence-electron chi connectivity index (χ0n) is 10.9. The van der Waals surface area contributed by atoms with Gasteiger partial charge in [-0.2, -0.15) is 0 Å². The van der Waals surface area contributed by atoms with Crippen molar-refractivity contribution in [1.82, 2.24) is 4.98 Å². The highest BCUT2D eigenvalue weighted by Crippen LogP contribution is 2.36. The van der Waals surface area contributed by atoms with E-state index >= 15 is 0 Å². The summed E-state index contributed by atoms with van der Waals surface area (Å²) in [6, 6.07) is 7.64. The molecule has 1 N–H and O–H groups in total. The van der Waals surface area contributed by atoms with Gasteiger partial charge in [0.15, 0.2) is 11.6 Å². The van der Waals surface area contributed by atoms with Crippen molar-refractivity contribution in [2.24, 2.45) is 0 Å². The zero-order chi connectivity index (χ0) is 14.2. The Morgan fingerprint density at radius 3 is 2.85 bits per heavy atom. The Labute approximate surface area is 116 Å². The van der Waals surface area contributed by atoms with E-state index in [4.69, 9.17) is 0 Å². The molecule has 20 heavy (non-hydrogen) atoms. The Morgan fingerprint density at radius 2 is 2.00 bits per heavy atom. The third-order valence-corrected chi connectivity index (χ3v) is 3.92. The predicted molar refractivity (Wildman–Crippen MR) is 71.1 cm³/mol. The molecule has 0 amide bonds. The third-order valence-electron chi connectivity index (χ3n) is 3.92. The average Bonchev–Trinajstić information content (AvgIpc) is 2.60. The van der Waals surface area contributed by atoms with Crippen molar-refractivity contribution in [2.45, 2.75) is 31.3 Å². The first-order chi connectivity index (χ1) is 9.60. The van der Waals surface area contributed by atoms with Gasteiger partial charge in [-0.3, -0.25) is 4.98 Å². The van der Waals surface area contributed by atoms with Crippen molar-refractivity contribution in [3.63, 3.8) is 0 Å². The van der Waals surface area contributed by atoms with Gasteiger partial charge in [-0.05, 0) is 37.0 Å². The van der Waals surface area contributed by atoms with Crippen LogP contribution >= 0.6 is 0 Å². The van der Waals surface area contributed by atoms with Crippen LogP contribution in [0, 0.1) is 11.6 Å². The quantitative estimate of drug-likeness (QED) is 0.811. The first kappa shape index (κ1) is 13.2. The molecule has 0 bridgehead atoms. The number of halogens is 2. The summed E-state index contributed by atoms with van der Waals surface area (Å²) in [6.07, 6.45) is 3.80. The van der Waals surface area contributed by atoms with Crippen LogP contribution in [-0.4, -0.2) is 10.1 Å². The Morgan fingerprint density at radius 1 is 1.15 bits per heavy atom. The lowest BCUT2D eigenvalue weighted by atomic mass is 9.85. The number of hydrogen-bond acceptors (Lipinski definition) is 2. The van der Waals surface area contributed by atoms with E-state index < -0.39 is 17.2 Å². The van der Waals surface area contributed by atoms with E-state index in [2.05, 4.69) is 4.98 Å². The van der Waals surface area contributed by atoms with Gasteiger partial charge in [0.05, 0.1) is 5.60 Å². The van der Waals surface area contributed by atoms with E-state index in [9.17, 15) is 13.9 Å². The van der Waals surface area contributed by atoms with E-state index in [0.717, 1.165) is 23.7 Å². The van der Waals surface area contributed by atoms with Crippen LogP contribution in [-0.2, 0) is 18.4 Å². The molecule has 104 valence electrons. The number of pyridine rings is 1. The molecule has 1 aromatic carbocycles. The highest BCUT2D eigenvalue weighted by molar-refractivity contribution is 5.31. The second kappa shape index (κ2) is 4.94. The number of rotatable bonds is 1. The summed E-state index contributed by atoms with van der Waals surface area (Å²) in [6.45, 7) is 0. The summed E-state index contributed by atoms with van der Waals surface area (Å²) in [7, 11) is 0. The lowest BCUT2D eigenvalue weighted by Crippen LogP contribution is -2.29. The van der Waals surface area contributed by atoms with Crippen molar-refractivity contribution >= 4 is 0 Å². The van der Waals surface area contributed by atoms with Crippen LogP contribution in [0.3, 0.4) is 0 Å². The highest BCUT2D eigenvalue weighted by Gasteiger charge is 2.35. The van der Waals surface area contributed by atoms with Gasteiger partial charge in [0, 0.05) is 23.9 Å². The van der Waals surface area contributed by atoms with Crippen molar-refractivity contribution in [3.05, 3.63) is 65.0 Å². The van der Waals surface area contributed by atoms with Crippen molar-refractivity contribution < 1.29 is 13.9 Å². The number of nitrogens with zero attached hydrogens (tertiary/aromatic N) is 1. The Hall–Kier alpha value is -1.81. The minimum absolute atomic E-state index is 0.0363. The van der Waals surface area contributed by atoms with Gasteiger partial charge < -0.3 is 5.11 Å². The smallest absolute Gasteiger partial charge is 0.164 e. The predicted octanol–water partition coefficient (Wildman–Crippen LogP) is 3.13. The molecule has 1 aliphatic carbocycles. The van der Waals surface area contributed by atoms with E-state index in [-0.39, 0.29) is 12.0 Å². The van der Waals surface area contributed by atoms with Gasteiger partial charge in [0.2, 0.25) is 0 Å². The summed E-state index contributed by atoms with van der Waals surface area (Å²) in [4.78, 5) is 4.30. The Bertz CT molecular complexity index is 644. The number of hydrogen-bond donors (Lipinski definition) is 1. The van der Waals surface area contributed by atoms with Gasteiger partial charge in [-0.1, -0.05) is 18.2 Å². The molecule has 0 aliphatic heterocycles. The highest BCUT2D eigenvalue weighted by atomic mass is 19.2. The standard InChI is InChI=1S/C16H15F2NO/c17-13-6-1-5-12(15(13)18)16(20)8-2-7-14-11(10-16)4-3-9-19-14/h1,3-6,9,20H,2,7-8,10H2. The molecule has 4 heteroatoms. The number of fused-ring (bicyclic) bond motifs is 1. The molecule has 0 saturated carbocycles. The van der Waals surface area contributed by atoms with Crippen LogP contribution in [0.4, 0.5) is 8.78 Å². The van der Waals surface area contributed by atoms with Crippen LogP contribution in [0.1, 0.15) is 29.7 Å². The third kappa shape index (κ3) is 2.20. The molecule has 2 nitrogen and oxygen atoms in total. The van der Waals surface area contributed by atoms with Crippen LogP contribution in [0.5, 0.6) is 0 Å². The van der Waals surface area contributed by atoms with Gasteiger partial charge in [-0.15, -0.1) is 0 Å². The maximum atomic E-state index is 14.0. The molecule has 1 unspecified atom stereocenters. The number of benzene rings is 1. The zero-order valence-corrected chi connectivity index (χ0v) is 10.9. The first-order valence-corrected chi connectivity index (χ1v) is 6.70. The number of aromatic nitrogens is 1. The summed E-state index contributed by atoms with van der Waals surface area (Å²) in [5.74, 6) is -1.88. The molecule has 0 saturated heterocycles. The van der Waals surface area contributed by atoms with E-state index in [1.165, 1.54) is 12.1 Å². The fourth-order valence-corrected chi connectivity index (χ4v) is 2.90. The molecule has 1 heterocycles. The fraction of sp³-hybridized carbons (Fsp3) is 0.312. The van der Waals surface area contributed by atoms with E-state index in [1.807, 2.05) is 6.07 Å². The van der Waals surface area contributed by atoms with E-state index in [1.54, 1.807) is 12.3 Å². The molecule has 1 atom stereocenters. The Kier molecular flexibility index (Phi) is 3.26. The molecule has 0 fully saturated rings. The van der Waals surface area contributed by atoms with Gasteiger partial charge >= 0.3 is 0 Å². The van der Waals surface area contributed by atoms with Gasteiger partial charge in [0.25, 0.3) is 0 Å². The molecular formula is C16H15F2NO. The van der Waals surface area contributed by atoms with Crippen molar-refractivity contribution in [1.29, 1.82) is 0 Å². The molecule has 1 aromatic heterocycles. The minimum Gasteiger partial charge on any atom is -0.385 e. The fourth-order valence-electron chi connectivity index (χ4n) is 2.90. The normalized spacial score (nSPS) is 22.1. The maximum absolute atomic E-state index is 14.0. The lowest BCUT2D eigenvalue weighted by molar-refractivity contribution is 0.0241. The maximum Gasteiger partial charge on any atom is 0.164 e. The molecule has 2 aromatic rings. The van der Waals surface area contributed by atoms with Crippen LogP contribution in [0.15, 0.2) is 36.5 Å². The second-order valence-corrected chi connectivity index (χ2v) is 5.27. The largest absolute Gasteiger partial charge is 0.385 e. The molecule has 1 aliphatic rings. The number of aliphatic hydroxyl groups is 1. The summed E-state index contributed by atoms with van der Waals surface area (Å²) in [5, 5.41) is 10.8. The van der Waals surface area contributed by atoms with Crippen LogP contribution in [0.2, 0.25) is 0 Å². The molecule has 0 radical (unpaired) electrons. The topological polar surface area (TPSA) is 33.1 Å². The van der Waals surface area contributed by atoms with Crippen molar-refractivity contribution in [2.75, 3.05) is 0 Å². The van der Waals surface area contributed by atoms with Crippen molar-refractivity contribution in [3.8, 4) is 0 Å². The monoisotopic (exact) mass is 275 g/mol. The molecular weight excluding hydrogens is 260 g/mol. The lowest BCUT2D eigenvalue weighted by Gasteiger charge is -2.28. The molecule has 0 spiro atoms. The average molecular weight is 275 g/mol. The minimum atomic E-state index is -1.37. The molecule has 3 rings (SSSR count). The van der Waals surface area contributed by atoms with Crippen LogP contribution in [0.25, 0.3) is 0 Å². The second-order valence-electron chi connectivity index (χ2n) is 5.27. The first-order valence-electron chi connectivity index (χ1n) is 6.70. The Balaban J connectivity index is 2.06. The summed E-state index contributed by atoms with van der Waals surface area (Å²) in [5.41, 5.74) is 0.492. The summed E-state index contributed by atoms with van der Waals surface area (Å²) >= 11 is 0. The SMILES string of the molecule is OC1(c2cccc(F)c2F)CCCc2ncccc2C1. The van der Waals surface area contributed by atoms with Gasteiger partial charge in [-0.25, -0.2) is 8.78 Å².